The van der Waals surface area contributed by atoms with E-state index in [0.717, 1.165) is 71.3 Å². The fraction of sp³-hybridized carbons (Fsp3) is 0.895. The van der Waals surface area contributed by atoms with E-state index in [1.54, 1.807) is 0 Å². The number of piperidine rings is 2. The summed E-state index contributed by atoms with van der Waals surface area (Å²) in [7, 11) is 0. The van der Waals surface area contributed by atoms with Crippen molar-refractivity contribution in [3.8, 4) is 0 Å². The molecule has 8 heteroatoms. The topological polar surface area (TPSA) is 90.9 Å². The highest BCUT2D eigenvalue weighted by molar-refractivity contribution is 5.85. The van der Waals surface area contributed by atoms with E-state index in [9.17, 15) is 9.59 Å². The van der Waals surface area contributed by atoms with Gasteiger partial charge in [-0.05, 0) is 70.4 Å². The largest absolute Gasteiger partial charge is 0.481 e. The van der Waals surface area contributed by atoms with E-state index in [0.29, 0.717) is 24.9 Å². The maximum Gasteiger partial charge on any atom is 0.317 e. The fourth-order valence-electron chi connectivity index (χ4n) is 4.29. The second-order valence-corrected chi connectivity index (χ2v) is 8.05. The van der Waals surface area contributed by atoms with Gasteiger partial charge in [-0.3, -0.25) is 4.79 Å². The first-order valence-corrected chi connectivity index (χ1v) is 10.2. The maximum atomic E-state index is 12.5. The molecule has 2 saturated heterocycles. The number of nitrogens with one attached hydrogen (secondary N) is 2. The second-order valence-electron chi connectivity index (χ2n) is 8.05. The van der Waals surface area contributed by atoms with Crippen molar-refractivity contribution in [2.24, 2.45) is 11.8 Å². The summed E-state index contributed by atoms with van der Waals surface area (Å²) in [6.45, 7) is 4.50. The maximum absolute atomic E-state index is 12.5. The van der Waals surface area contributed by atoms with Gasteiger partial charge in [0, 0.05) is 25.7 Å². The highest BCUT2D eigenvalue weighted by Crippen LogP contribution is 2.25. The number of ether oxygens (including phenoxy) is 1. The Balaban J connectivity index is 0.00000261. The minimum absolute atomic E-state index is 0. The van der Waals surface area contributed by atoms with Crippen molar-refractivity contribution in [1.82, 2.24) is 15.5 Å². The Kier molecular flexibility index (Phi) is 9.12. The van der Waals surface area contributed by atoms with Gasteiger partial charge in [0.25, 0.3) is 0 Å². The lowest BCUT2D eigenvalue weighted by atomic mass is 9.86. The Hall–Kier alpha value is -1.05. The van der Waals surface area contributed by atoms with E-state index >= 15 is 0 Å². The first-order valence-electron chi connectivity index (χ1n) is 10.2. The quantitative estimate of drug-likeness (QED) is 0.654. The molecule has 27 heavy (non-hydrogen) atoms. The zero-order chi connectivity index (χ0) is 18.4. The zero-order valence-electron chi connectivity index (χ0n) is 16.0. The molecule has 7 nitrogen and oxygen atoms in total. The number of rotatable bonds is 5. The summed E-state index contributed by atoms with van der Waals surface area (Å²) in [6.07, 6.45) is 7.48. The van der Waals surface area contributed by atoms with Gasteiger partial charge in [-0.1, -0.05) is 0 Å². The van der Waals surface area contributed by atoms with Crippen LogP contribution < -0.4 is 10.6 Å². The minimum Gasteiger partial charge on any atom is -0.481 e. The first-order chi connectivity index (χ1) is 12.6. The van der Waals surface area contributed by atoms with Gasteiger partial charge in [-0.25, -0.2) is 4.79 Å². The SMILES string of the molecule is Cl.O=C(O)C1CCC(NC(=O)N2CCC(COC3CCNCC3)CC2)CC1. The number of carbonyl (C=O) groups is 2. The molecule has 3 aliphatic rings. The lowest BCUT2D eigenvalue weighted by Crippen LogP contribution is -2.49. The fourth-order valence-corrected chi connectivity index (χ4v) is 4.29. The predicted octanol–water partition coefficient (Wildman–Crippen LogP) is 2.24. The van der Waals surface area contributed by atoms with Gasteiger partial charge in [0.05, 0.1) is 12.0 Å². The van der Waals surface area contributed by atoms with Crippen LogP contribution >= 0.6 is 12.4 Å². The van der Waals surface area contributed by atoms with Crippen LogP contribution in [0.15, 0.2) is 0 Å². The van der Waals surface area contributed by atoms with Crippen LogP contribution in [0.25, 0.3) is 0 Å². The summed E-state index contributed by atoms with van der Waals surface area (Å²) in [4.78, 5) is 25.4. The number of urea groups is 1. The summed E-state index contributed by atoms with van der Waals surface area (Å²) in [5, 5.41) is 15.5. The van der Waals surface area contributed by atoms with Crippen molar-refractivity contribution in [2.75, 3.05) is 32.8 Å². The summed E-state index contributed by atoms with van der Waals surface area (Å²) >= 11 is 0. The number of carbonyl (C=O) groups excluding carboxylic acids is 1. The molecule has 3 fully saturated rings. The highest BCUT2D eigenvalue weighted by atomic mass is 35.5. The lowest BCUT2D eigenvalue weighted by molar-refractivity contribution is -0.142. The van der Waals surface area contributed by atoms with E-state index in [1.807, 2.05) is 4.90 Å². The zero-order valence-corrected chi connectivity index (χ0v) is 16.8. The van der Waals surface area contributed by atoms with Gasteiger partial charge >= 0.3 is 12.0 Å². The van der Waals surface area contributed by atoms with Crippen molar-refractivity contribution >= 4 is 24.4 Å². The molecule has 2 heterocycles. The Morgan fingerprint density at radius 2 is 1.63 bits per heavy atom. The number of nitrogens with zero attached hydrogens (tertiary/aromatic N) is 1. The molecule has 0 radical (unpaired) electrons. The third kappa shape index (κ3) is 6.80. The monoisotopic (exact) mass is 403 g/mol. The number of likely N-dealkylation sites (tertiary alicyclic amines) is 1. The van der Waals surface area contributed by atoms with Crippen molar-refractivity contribution in [3.05, 3.63) is 0 Å². The molecule has 0 aromatic heterocycles. The Bertz CT molecular complexity index is 472. The van der Waals surface area contributed by atoms with Gasteiger partial charge in [-0.15, -0.1) is 12.4 Å². The molecule has 1 aliphatic carbocycles. The lowest BCUT2D eigenvalue weighted by Gasteiger charge is -2.35. The summed E-state index contributed by atoms with van der Waals surface area (Å²) in [5.74, 6) is -0.387. The van der Waals surface area contributed by atoms with Crippen molar-refractivity contribution in [2.45, 2.75) is 63.5 Å². The van der Waals surface area contributed by atoms with Crippen LogP contribution in [0.5, 0.6) is 0 Å². The number of aliphatic carboxylic acids is 1. The molecule has 2 amide bonds. The molecular weight excluding hydrogens is 370 g/mol. The van der Waals surface area contributed by atoms with Gasteiger partial charge in [0.2, 0.25) is 0 Å². The smallest absolute Gasteiger partial charge is 0.317 e. The van der Waals surface area contributed by atoms with E-state index < -0.39 is 5.97 Å². The van der Waals surface area contributed by atoms with E-state index in [-0.39, 0.29) is 30.4 Å². The highest BCUT2D eigenvalue weighted by Gasteiger charge is 2.29. The average molecular weight is 404 g/mol. The molecule has 2 aliphatic heterocycles. The summed E-state index contributed by atoms with van der Waals surface area (Å²) in [6, 6.07) is 0.139. The van der Waals surface area contributed by atoms with Crippen molar-refractivity contribution in [3.63, 3.8) is 0 Å². The molecule has 0 spiro atoms. The number of carboxylic acids is 1. The summed E-state index contributed by atoms with van der Waals surface area (Å²) < 4.78 is 6.06. The third-order valence-corrected chi connectivity index (χ3v) is 6.16. The molecule has 1 saturated carbocycles. The molecule has 0 unspecified atom stereocenters. The van der Waals surface area contributed by atoms with E-state index in [2.05, 4.69) is 10.6 Å². The number of carboxylic acid groups (broad SMARTS) is 1. The van der Waals surface area contributed by atoms with E-state index in [4.69, 9.17) is 9.84 Å². The molecule has 0 aromatic carbocycles. The molecule has 0 atom stereocenters. The molecule has 3 rings (SSSR count). The first kappa shape index (κ1) is 22.2. The average Bonchev–Trinajstić information content (AvgIpc) is 2.68. The van der Waals surface area contributed by atoms with Crippen LogP contribution in [0.1, 0.15) is 51.4 Å². The normalized spacial score (nSPS) is 27.6. The van der Waals surface area contributed by atoms with E-state index in [1.165, 1.54) is 0 Å². The Morgan fingerprint density at radius 3 is 2.22 bits per heavy atom. The standard InChI is InChI=1S/C19H33N3O4.ClH/c23-18(24)15-1-3-16(4-2-15)21-19(25)22-11-7-14(8-12-22)13-26-17-5-9-20-10-6-17;/h14-17,20H,1-13H2,(H,21,25)(H,23,24);1H. The van der Waals surface area contributed by atoms with Crippen LogP contribution in [-0.2, 0) is 9.53 Å². The van der Waals surface area contributed by atoms with Crippen LogP contribution in [0, 0.1) is 11.8 Å². The van der Waals surface area contributed by atoms with Gasteiger partial charge in [0.1, 0.15) is 0 Å². The Labute approximate surface area is 168 Å². The van der Waals surface area contributed by atoms with Crippen LogP contribution in [0.3, 0.4) is 0 Å². The summed E-state index contributed by atoms with van der Waals surface area (Å²) in [5.41, 5.74) is 0. The molecule has 3 N–H and O–H groups in total. The van der Waals surface area contributed by atoms with Crippen LogP contribution in [-0.4, -0.2) is 66.9 Å². The molecular formula is C19H34ClN3O4. The van der Waals surface area contributed by atoms with Crippen molar-refractivity contribution < 1.29 is 19.4 Å². The number of hydrogen-bond donors (Lipinski definition) is 3. The number of amides is 2. The third-order valence-electron chi connectivity index (χ3n) is 6.16. The van der Waals surface area contributed by atoms with Gasteiger partial charge in [-0.2, -0.15) is 0 Å². The predicted molar refractivity (Wildman–Crippen MR) is 105 cm³/mol. The number of halogens is 1. The van der Waals surface area contributed by atoms with Crippen LogP contribution in [0.2, 0.25) is 0 Å². The minimum atomic E-state index is -0.705. The van der Waals surface area contributed by atoms with Gasteiger partial charge < -0.3 is 25.4 Å². The second kappa shape index (κ2) is 11.1. The van der Waals surface area contributed by atoms with Gasteiger partial charge in [0.15, 0.2) is 0 Å². The molecule has 0 aromatic rings. The van der Waals surface area contributed by atoms with Crippen LogP contribution in [0.4, 0.5) is 4.79 Å². The Morgan fingerprint density at radius 1 is 1.00 bits per heavy atom. The number of hydrogen-bond acceptors (Lipinski definition) is 4. The van der Waals surface area contributed by atoms with Crippen molar-refractivity contribution in [1.29, 1.82) is 0 Å². The molecule has 156 valence electrons. The molecule has 0 bridgehead atoms.